The van der Waals surface area contributed by atoms with Gasteiger partial charge in [-0.15, -0.1) is 0 Å². The fourth-order valence-corrected chi connectivity index (χ4v) is 4.19. The molecule has 7 nitrogen and oxygen atoms in total. The number of piperazine rings is 1. The topological polar surface area (TPSA) is 67.2 Å². The first-order valence-corrected chi connectivity index (χ1v) is 10.6. The molecule has 1 fully saturated rings. The second-order valence-electron chi connectivity index (χ2n) is 8.04. The SMILES string of the molecule is COc1cccc(C(CC(=O)N2CCN(C(C)=O)CC2)c2cnc3cc(C)ccn23)c1. The molecule has 31 heavy (non-hydrogen) atoms. The number of methoxy groups -OCH3 is 1. The lowest BCUT2D eigenvalue weighted by atomic mass is 9.91. The van der Waals surface area contributed by atoms with E-state index in [2.05, 4.69) is 9.38 Å². The highest BCUT2D eigenvalue weighted by atomic mass is 16.5. The van der Waals surface area contributed by atoms with Crippen LogP contribution in [0.5, 0.6) is 5.75 Å². The van der Waals surface area contributed by atoms with Gasteiger partial charge in [0.2, 0.25) is 11.8 Å². The van der Waals surface area contributed by atoms with Gasteiger partial charge in [0.15, 0.2) is 0 Å². The highest BCUT2D eigenvalue weighted by Gasteiger charge is 2.27. The van der Waals surface area contributed by atoms with Gasteiger partial charge in [-0.05, 0) is 42.3 Å². The third-order valence-corrected chi connectivity index (χ3v) is 6.01. The van der Waals surface area contributed by atoms with Crippen molar-refractivity contribution in [3.05, 3.63) is 65.6 Å². The Morgan fingerprint density at radius 1 is 1.10 bits per heavy atom. The zero-order valence-electron chi connectivity index (χ0n) is 18.2. The van der Waals surface area contributed by atoms with Crippen LogP contribution in [0.25, 0.3) is 5.65 Å². The Balaban J connectivity index is 1.64. The van der Waals surface area contributed by atoms with E-state index in [1.807, 2.05) is 60.6 Å². The number of hydrogen-bond acceptors (Lipinski definition) is 4. The highest BCUT2D eigenvalue weighted by Crippen LogP contribution is 2.31. The van der Waals surface area contributed by atoms with Crippen molar-refractivity contribution in [2.45, 2.75) is 26.2 Å². The van der Waals surface area contributed by atoms with Crippen LogP contribution in [0.15, 0.2) is 48.8 Å². The molecule has 0 spiro atoms. The lowest BCUT2D eigenvalue weighted by Gasteiger charge is -2.35. The number of fused-ring (bicyclic) bond motifs is 1. The molecule has 0 saturated carbocycles. The van der Waals surface area contributed by atoms with Gasteiger partial charge in [-0.1, -0.05) is 12.1 Å². The second kappa shape index (κ2) is 8.79. The molecule has 1 atom stereocenters. The molecule has 1 unspecified atom stereocenters. The molecular formula is C24H28N4O3. The molecule has 162 valence electrons. The molecule has 1 aliphatic rings. The van der Waals surface area contributed by atoms with Gasteiger partial charge in [0, 0.05) is 57.8 Å². The van der Waals surface area contributed by atoms with E-state index in [4.69, 9.17) is 4.74 Å². The van der Waals surface area contributed by atoms with Gasteiger partial charge in [0.05, 0.1) is 12.8 Å². The van der Waals surface area contributed by atoms with Crippen LogP contribution in [0.4, 0.5) is 0 Å². The van der Waals surface area contributed by atoms with Crippen molar-refractivity contribution in [3.8, 4) is 5.75 Å². The van der Waals surface area contributed by atoms with E-state index in [-0.39, 0.29) is 17.7 Å². The number of ether oxygens (including phenoxy) is 1. The van der Waals surface area contributed by atoms with Gasteiger partial charge in [-0.2, -0.15) is 0 Å². The first-order chi connectivity index (χ1) is 15.0. The molecule has 0 bridgehead atoms. The Labute approximate surface area is 182 Å². The number of carbonyl (C=O) groups excluding carboxylic acids is 2. The maximum atomic E-state index is 13.3. The highest BCUT2D eigenvalue weighted by molar-refractivity contribution is 5.79. The van der Waals surface area contributed by atoms with Crippen LogP contribution in [0.3, 0.4) is 0 Å². The van der Waals surface area contributed by atoms with Crippen molar-refractivity contribution in [2.75, 3.05) is 33.3 Å². The minimum absolute atomic E-state index is 0.0578. The Hall–Kier alpha value is -3.35. The molecule has 1 saturated heterocycles. The first-order valence-electron chi connectivity index (χ1n) is 10.6. The summed E-state index contributed by atoms with van der Waals surface area (Å²) in [4.78, 5) is 33.1. The van der Waals surface area contributed by atoms with Gasteiger partial charge in [0.25, 0.3) is 0 Å². The van der Waals surface area contributed by atoms with Gasteiger partial charge >= 0.3 is 0 Å². The number of imidazole rings is 1. The second-order valence-corrected chi connectivity index (χ2v) is 8.04. The van der Waals surface area contributed by atoms with Gasteiger partial charge in [-0.25, -0.2) is 4.98 Å². The lowest BCUT2D eigenvalue weighted by molar-refractivity contribution is -0.138. The van der Waals surface area contributed by atoms with Crippen LogP contribution < -0.4 is 4.74 Å². The Morgan fingerprint density at radius 2 is 1.84 bits per heavy atom. The molecule has 7 heteroatoms. The Bertz CT molecular complexity index is 1100. The van der Waals surface area contributed by atoms with Crippen molar-refractivity contribution in [2.24, 2.45) is 0 Å². The molecular weight excluding hydrogens is 392 g/mol. The van der Waals surface area contributed by atoms with E-state index in [9.17, 15) is 9.59 Å². The summed E-state index contributed by atoms with van der Waals surface area (Å²) in [7, 11) is 1.64. The third kappa shape index (κ3) is 4.40. The molecule has 0 radical (unpaired) electrons. The predicted molar refractivity (Wildman–Crippen MR) is 118 cm³/mol. The predicted octanol–water partition coefficient (Wildman–Crippen LogP) is 2.86. The number of pyridine rings is 1. The largest absolute Gasteiger partial charge is 0.497 e. The molecule has 2 aromatic heterocycles. The number of benzene rings is 1. The smallest absolute Gasteiger partial charge is 0.223 e. The maximum Gasteiger partial charge on any atom is 0.223 e. The number of carbonyl (C=O) groups is 2. The number of hydrogen-bond donors (Lipinski definition) is 0. The molecule has 2 amide bonds. The van der Waals surface area contributed by atoms with Crippen molar-refractivity contribution < 1.29 is 14.3 Å². The summed E-state index contributed by atoms with van der Waals surface area (Å²) in [5.41, 5.74) is 3.99. The summed E-state index contributed by atoms with van der Waals surface area (Å²) in [6, 6.07) is 11.9. The molecule has 0 N–H and O–H groups in total. The molecule has 4 rings (SSSR count). The van der Waals surface area contributed by atoms with E-state index in [0.29, 0.717) is 32.6 Å². The standard InChI is InChI=1S/C24H28N4O3/c1-17-7-8-28-22(16-25-23(28)13-17)21(19-5-4-6-20(14-19)31-3)15-24(30)27-11-9-26(10-12-27)18(2)29/h4-8,13-14,16,21H,9-12,15H2,1-3H3. The zero-order chi connectivity index (χ0) is 22.0. The average molecular weight is 421 g/mol. The van der Waals surface area contributed by atoms with E-state index in [1.165, 1.54) is 0 Å². The minimum Gasteiger partial charge on any atom is -0.497 e. The van der Waals surface area contributed by atoms with Crippen molar-refractivity contribution >= 4 is 17.5 Å². The van der Waals surface area contributed by atoms with Gasteiger partial charge in [-0.3, -0.25) is 9.59 Å². The third-order valence-electron chi connectivity index (χ3n) is 6.01. The fraction of sp³-hybridized carbons (Fsp3) is 0.375. The van der Waals surface area contributed by atoms with Crippen LogP contribution in [0.2, 0.25) is 0 Å². The molecule has 0 aliphatic carbocycles. The quantitative estimate of drug-likeness (QED) is 0.637. The van der Waals surface area contributed by atoms with Crippen LogP contribution in [-0.2, 0) is 9.59 Å². The monoisotopic (exact) mass is 420 g/mol. The van der Waals surface area contributed by atoms with Crippen LogP contribution >= 0.6 is 0 Å². The number of nitrogens with zero attached hydrogens (tertiary/aromatic N) is 4. The van der Waals surface area contributed by atoms with E-state index < -0.39 is 0 Å². The van der Waals surface area contributed by atoms with Gasteiger partial charge < -0.3 is 18.9 Å². The number of amides is 2. The van der Waals surface area contributed by atoms with Crippen LogP contribution in [-0.4, -0.2) is 64.3 Å². The zero-order valence-corrected chi connectivity index (χ0v) is 18.2. The maximum absolute atomic E-state index is 13.3. The molecule has 3 heterocycles. The summed E-state index contributed by atoms with van der Waals surface area (Å²) < 4.78 is 7.48. The fourth-order valence-electron chi connectivity index (χ4n) is 4.19. The van der Waals surface area contributed by atoms with E-state index in [0.717, 1.165) is 28.2 Å². The van der Waals surface area contributed by atoms with E-state index in [1.54, 1.807) is 18.9 Å². The van der Waals surface area contributed by atoms with Crippen molar-refractivity contribution in [1.29, 1.82) is 0 Å². The Kier molecular flexibility index (Phi) is 5.93. The van der Waals surface area contributed by atoms with E-state index >= 15 is 0 Å². The summed E-state index contributed by atoms with van der Waals surface area (Å²) in [5, 5.41) is 0. The first kappa shape index (κ1) is 20.9. The summed E-state index contributed by atoms with van der Waals surface area (Å²) in [6.45, 7) is 5.91. The number of aromatic nitrogens is 2. The molecule has 3 aromatic rings. The minimum atomic E-state index is -0.161. The van der Waals surface area contributed by atoms with Crippen molar-refractivity contribution in [3.63, 3.8) is 0 Å². The van der Waals surface area contributed by atoms with Gasteiger partial charge in [0.1, 0.15) is 11.4 Å². The molecule has 1 aliphatic heterocycles. The normalized spacial score (nSPS) is 15.2. The average Bonchev–Trinajstić information content (AvgIpc) is 3.20. The summed E-state index contributed by atoms with van der Waals surface area (Å²) in [6.07, 6.45) is 4.20. The molecule has 1 aromatic carbocycles. The summed E-state index contributed by atoms with van der Waals surface area (Å²) >= 11 is 0. The van der Waals surface area contributed by atoms with Crippen molar-refractivity contribution in [1.82, 2.24) is 19.2 Å². The summed E-state index contributed by atoms with van der Waals surface area (Å²) in [5.74, 6) is 0.737. The number of rotatable bonds is 5. The van der Waals surface area contributed by atoms with Crippen LogP contribution in [0, 0.1) is 6.92 Å². The lowest BCUT2D eigenvalue weighted by Crippen LogP contribution is -2.50. The number of aryl methyl sites for hydroxylation is 1. The Morgan fingerprint density at radius 3 is 2.55 bits per heavy atom. The van der Waals surface area contributed by atoms with Crippen LogP contribution in [0.1, 0.15) is 36.1 Å².